The van der Waals surface area contributed by atoms with E-state index in [1.165, 1.54) is 12.8 Å². The van der Waals surface area contributed by atoms with Gasteiger partial charge in [0.15, 0.2) is 6.29 Å². The lowest BCUT2D eigenvalue weighted by Crippen LogP contribution is -2.28. The van der Waals surface area contributed by atoms with Crippen LogP contribution < -0.4 is 0 Å². The Morgan fingerprint density at radius 3 is 3.09 bits per heavy atom. The van der Waals surface area contributed by atoms with E-state index in [0.29, 0.717) is 11.8 Å². The summed E-state index contributed by atoms with van der Waals surface area (Å²) in [6.45, 7) is 5.47. The van der Waals surface area contributed by atoms with E-state index >= 15 is 0 Å². The molecule has 2 nitrogen and oxygen atoms in total. The lowest BCUT2D eigenvalue weighted by atomic mass is 9.89. The monoisotopic (exact) mass is 154 g/mol. The third kappa shape index (κ3) is 1.21. The van der Waals surface area contributed by atoms with Crippen molar-refractivity contribution in [1.82, 2.24) is 0 Å². The molecule has 2 rings (SSSR count). The third-order valence-electron chi connectivity index (χ3n) is 2.62. The summed E-state index contributed by atoms with van der Waals surface area (Å²) in [5.74, 6) is 1.11. The highest BCUT2D eigenvalue weighted by Crippen LogP contribution is 2.35. The van der Waals surface area contributed by atoms with E-state index in [1.807, 2.05) is 6.08 Å². The lowest BCUT2D eigenvalue weighted by Gasteiger charge is -2.26. The fourth-order valence-corrected chi connectivity index (χ4v) is 1.94. The van der Waals surface area contributed by atoms with Gasteiger partial charge in [0.1, 0.15) is 0 Å². The van der Waals surface area contributed by atoms with Crippen LogP contribution in [0.5, 0.6) is 0 Å². The van der Waals surface area contributed by atoms with E-state index < -0.39 is 0 Å². The molecule has 0 radical (unpaired) electrons. The second-order valence-electron chi connectivity index (χ2n) is 3.28. The Kier molecular flexibility index (Phi) is 1.96. The third-order valence-corrected chi connectivity index (χ3v) is 2.62. The van der Waals surface area contributed by atoms with E-state index in [-0.39, 0.29) is 6.29 Å². The topological polar surface area (TPSA) is 18.5 Å². The van der Waals surface area contributed by atoms with Crippen LogP contribution in [0, 0.1) is 11.8 Å². The molecule has 2 heteroatoms. The quantitative estimate of drug-likeness (QED) is 0.534. The normalized spacial score (nSPS) is 43.5. The Hall–Kier alpha value is -0.340. The van der Waals surface area contributed by atoms with Gasteiger partial charge in [-0.1, -0.05) is 6.08 Å². The van der Waals surface area contributed by atoms with Crippen LogP contribution in [0.1, 0.15) is 12.8 Å². The average molecular weight is 154 g/mol. The predicted molar refractivity (Wildman–Crippen MR) is 42.1 cm³/mol. The van der Waals surface area contributed by atoms with Gasteiger partial charge < -0.3 is 9.47 Å². The molecule has 0 aliphatic carbocycles. The van der Waals surface area contributed by atoms with Gasteiger partial charge in [-0.25, -0.2) is 0 Å². The minimum Gasteiger partial charge on any atom is -0.352 e. The number of hydrogen-bond donors (Lipinski definition) is 0. The Morgan fingerprint density at radius 1 is 1.36 bits per heavy atom. The van der Waals surface area contributed by atoms with Crippen LogP contribution in [0.4, 0.5) is 0 Å². The van der Waals surface area contributed by atoms with Gasteiger partial charge in [0.2, 0.25) is 0 Å². The number of hydrogen-bond acceptors (Lipinski definition) is 2. The van der Waals surface area contributed by atoms with Crippen molar-refractivity contribution >= 4 is 0 Å². The van der Waals surface area contributed by atoms with E-state index in [0.717, 1.165) is 13.2 Å². The molecule has 62 valence electrons. The van der Waals surface area contributed by atoms with Crippen molar-refractivity contribution < 1.29 is 9.47 Å². The molecule has 2 saturated heterocycles. The SMILES string of the molecule is C=C[C@@H]1CO[C@@H]2OCCC[C@@H]21. The molecule has 0 aromatic carbocycles. The first-order valence-electron chi connectivity index (χ1n) is 4.27. The van der Waals surface area contributed by atoms with Crippen molar-refractivity contribution in [1.29, 1.82) is 0 Å². The summed E-state index contributed by atoms with van der Waals surface area (Å²) in [6, 6.07) is 0. The standard InChI is InChI=1S/C9H14O2/c1-2-7-6-11-9-8(7)4-3-5-10-9/h2,7-9H,1,3-6H2/t7-,8-,9+/m1/s1. The van der Waals surface area contributed by atoms with Crippen LogP contribution in [-0.4, -0.2) is 19.5 Å². The van der Waals surface area contributed by atoms with E-state index in [1.54, 1.807) is 0 Å². The maximum atomic E-state index is 5.47. The fourth-order valence-electron chi connectivity index (χ4n) is 1.94. The van der Waals surface area contributed by atoms with Crippen LogP contribution in [0.15, 0.2) is 12.7 Å². The number of ether oxygens (including phenoxy) is 2. The van der Waals surface area contributed by atoms with Crippen LogP contribution >= 0.6 is 0 Å². The zero-order chi connectivity index (χ0) is 7.68. The summed E-state index contributed by atoms with van der Waals surface area (Å²) in [7, 11) is 0. The molecule has 0 N–H and O–H groups in total. The van der Waals surface area contributed by atoms with Crippen molar-refractivity contribution in [2.24, 2.45) is 11.8 Å². The first-order chi connectivity index (χ1) is 5.42. The zero-order valence-electron chi connectivity index (χ0n) is 6.66. The summed E-state index contributed by atoms with van der Waals surface area (Å²) < 4.78 is 10.9. The van der Waals surface area contributed by atoms with Gasteiger partial charge in [0.25, 0.3) is 0 Å². The van der Waals surface area contributed by atoms with Gasteiger partial charge in [-0.2, -0.15) is 0 Å². The van der Waals surface area contributed by atoms with Crippen LogP contribution in [0.2, 0.25) is 0 Å². The highest BCUT2D eigenvalue weighted by atomic mass is 16.7. The summed E-state index contributed by atoms with van der Waals surface area (Å²) >= 11 is 0. The van der Waals surface area contributed by atoms with Crippen LogP contribution in [0.25, 0.3) is 0 Å². The molecule has 0 aromatic heterocycles. The first-order valence-corrected chi connectivity index (χ1v) is 4.27. The molecule has 2 heterocycles. The molecular formula is C9H14O2. The molecule has 2 aliphatic heterocycles. The maximum absolute atomic E-state index is 5.47. The molecule has 2 aliphatic rings. The van der Waals surface area contributed by atoms with Gasteiger partial charge in [0.05, 0.1) is 6.61 Å². The van der Waals surface area contributed by atoms with E-state index in [4.69, 9.17) is 9.47 Å². The second kappa shape index (κ2) is 2.95. The second-order valence-corrected chi connectivity index (χ2v) is 3.28. The first kappa shape index (κ1) is 7.32. The van der Waals surface area contributed by atoms with Gasteiger partial charge >= 0.3 is 0 Å². The van der Waals surface area contributed by atoms with Crippen molar-refractivity contribution in [3.63, 3.8) is 0 Å². The van der Waals surface area contributed by atoms with E-state index in [2.05, 4.69) is 6.58 Å². The van der Waals surface area contributed by atoms with Crippen molar-refractivity contribution in [2.45, 2.75) is 19.1 Å². The molecule has 0 bridgehead atoms. The Bertz CT molecular complexity index is 156. The summed E-state index contributed by atoms with van der Waals surface area (Å²) in [6.07, 6.45) is 4.49. The molecule has 0 aromatic rings. The lowest BCUT2D eigenvalue weighted by molar-refractivity contribution is -0.151. The highest BCUT2D eigenvalue weighted by Gasteiger charge is 2.37. The van der Waals surface area contributed by atoms with Crippen molar-refractivity contribution in [3.05, 3.63) is 12.7 Å². The molecule has 2 fully saturated rings. The predicted octanol–water partition coefficient (Wildman–Crippen LogP) is 1.57. The molecule has 0 spiro atoms. The Labute approximate surface area is 67.2 Å². The Morgan fingerprint density at radius 2 is 2.27 bits per heavy atom. The smallest absolute Gasteiger partial charge is 0.161 e. The van der Waals surface area contributed by atoms with Gasteiger partial charge in [-0.05, 0) is 12.8 Å². The molecular weight excluding hydrogens is 140 g/mol. The number of fused-ring (bicyclic) bond motifs is 1. The maximum Gasteiger partial charge on any atom is 0.161 e. The van der Waals surface area contributed by atoms with Gasteiger partial charge in [-0.3, -0.25) is 0 Å². The average Bonchev–Trinajstić information content (AvgIpc) is 2.47. The van der Waals surface area contributed by atoms with Crippen molar-refractivity contribution in [3.8, 4) is 0 Å². The molecule has 11 heavy (non-hydrogen) atoms. The molecule has 0 unspecified atom stereocenters. The van der Waals surface area contributed by atoms with Crippen molar-refractivity contribution in [2.75, 3.05) is 13.2 Å². The van der Waals surface area contributed by atoms with Gasteiger partial charge in [-0.15, -0.1) is 6.58 Å². The van der Waals surface area contributed by atoms with E-state index in [9.17, 15) is 0 Å². The molecule has 0 saturated carbocycles. The summed E-state index contributed by atoms with van der Waals surface area (Å²) in [5, 5.41) is 0. The largest absolute Gasteiger partial charge is 0.352 e. The minimum atomic E-state index is 0.0757. The summed E-state index contributed by atoms with van der Waals surface area (Å²) in [4.78, 5) is 0. The Balaban J connectivity index is 2.03. The fraction of sp³-hybridized carbons (Fsp3) is 0.778. The van der Waals surface area contributed by atoms with Crippen LogP contribution in [0.3, 0.4) is 0 Å². The zero-order valence-corrected chi connectivity index (χ0v) is 6.66. The summed E-state index contributed by atoms with van der Waals surface area (Å²) in [5.41, 5.74) is 0. The van der Waals surface area contributed by atoms with Crippen LogP contribution in [-0.2, 0) is 9.47 Å². The van der Waals surface area contributed by atoms with Gasteiger partial charge in [0, 0.05) is 18.4 Å². The highest BCUT2D eigenvalue weighted by molar-refractivity contribution is 4.91. The minimum absolute atomic E-state index is 0.0757. The molecule has 3 atom stereocenters. The number of rotatable bonds is 1. The molecule has 0 amide bonds.